The highest BCUT2D eigenvalue weighted by molar-refractivity contribution is 5.98. The number of rotatable bonds is 5. The Kier molecular flexibility index (Phi) is 5.81. The number of hydrogen-bond donors (Lipinski definition) is 2. The number of anilines is 2. The van der Waals surface area contributed by atoms with E-state index in [2.05, 4.69) is 40.8 Å². The fourth-order valence-electron chi connectivity index (χ4n) is 3.98. The second kappa shape index (κ2) is 8.66. The summed E-state index contributed by atoms with van der Waals surface area (Å²) in [6, 6.07) is 13.4. The normalized spacial score (nSPS) is 18.2. The smallest absolute Gasteiger partial charge is 0.253 e. The molecule has 0 bridgehead atoms. The second-order valence-electron chi connectivity index (χ2n) is 7.74. The van der Waals surface area contributed by atoms with Crippen LogP contribution < -0.4 is 15.5 Å². The zero-order chi connectivity index (χ0) is 20.2. The van der Waals surface area contributed by atoms with Gasteiger partial charge in [-0.2, -0.15) is 0 Å². The molecular weight excluding hydrogens is 366 g/mol. The summed E-state index contributed by atoms with van der Waals surface area (Å²) in [5.74, 6) is -0.313. The molecule has 2 amide bonds. The van der Waals surface area contributed by atoms with E-state index >= 15 is 0 Å². The van der Waals surface area contributed by atoms with E-state index in [1.165, 1.54) is 11.3 Å². The summed E-state index contributed by atoms with van der Waals surface area (Å²) in [4.78, 5) is 27.1. The van der Waals surface area contributed by atoms with Gasteiger partial charge < -0.3 is 20.3 Å². The third-order valence-electron chi connectivity index (χ3n) is 5.56. The van der Waals surface area contributed by atoms with Crippen LogP contribution in [-0.4, -0.2) is 38.1 Å². The Morgan fingerprint density at radius 2 is 2.07 bits per heavy atom. The van der Waals surface area contributed by atoms with E-state index in [-0.39, 0.29) is 11.8 Å². The molecule has 2 aliphatic heterocycles. The number of carbonyl (C=O) groups excluding carboxylic acids is 2. The summed E-state index contributed by atoms with van der Waals surface area (Å²) in [6.45, 7) is 2.19. The Bertz CT molecular complexity index is 906. The molecule has 2 aromatic rings. The molecule has 6 nitrogen and oxygen atoms in total. The second-order valence-corrected chi connectivity index (χ2v) is 7.74. The lowest BCUT2D eigenvalue weighted by molar-refractivity contribution is -0.124. The summed E-state index contributed by atoms with van der Waals surface area (Å²) in [5.41, 5.74) is 4.84. The van der Waals surface area contributed by atoms with E-state index in [0.29, 0.717) is 24.4 Å². The predicted molar refractivity (Wildman–Crippen MR) is 113 cm³/mol. The van der Waals surface area contributed by atoms with Gasteiger partial charge in [0.05, 0.1) is 0 Å². The van der Waals surface area contributed by atoms with Gasteiger partial charge in [-0.15, -0.1) is 0 Å². The molecule has 1 atom stereocenters. The minimum absolute atomic E-state index is 0.154. The van der Waals surface area contributed by atoms with E-state index < -0.39 is 6.10 Å². The maximum atomic E-state index is 12.6. The number of nitrogens with one attached hydrogen (secondary N) is 2. The monoisotopic (exact) mass is 393 g/mol. The summed E-state index contributed by atoms with van der Waals surface area (Å²) < 4.78 is 5.40. The molecule has 1 saturated heterocycles. The molecule has 4 rings (SSSR count). The van der Waals surface area contributed by atoms with Crippen molar-refractivity contribution in [3.05, 3.63) is 59.2 Å². The largest absolute Gasteiger partial charge is 0.374 e. The van der Waals surface area contributed by atoms with Gasteiger partial charge >= 0.3 is 0 Å². The van der Waals surface area contributed by atoms with Crippen molar-refractivity contribution in [2.75, 3.05) is 30.4 Å². The molecule has 29 heavy (non-hydrogen) atoms. The Hall–Kier alpha value is -2.86. The highest BCUT2D eigenvalue weighted by Gasteiger charge is 2.23. The average Bonchev–Trinajstić information content (AvgIpc) is 3.27. The van der Waals surface area contributed by atoms with Crippen LogP contribution in [-0.2, 0) is 22.5 Å². The zero-order valence-electron chi connectivity index (χ0n) is 16.7. The van der Waals surface area contributed by atoms with Gasteiger partial charge in [-0.25, -0.2) is 0 Å². The lowest BCUT2D eigenvalue weighted by Gasteiger charge is -2.27. The number of hydrogen-bond acceptors (Lipinski definition) is 4. The minimum atomic E-state index is -0.393. The summed E-state index contributed by atoms with van der Waals surface area (Å²) in [7, 11) is 2.12. The van der Waals surface area contributed by atoms with Gasteiger partial charge in [-0.05, 0) is 61.1 Å². The molecular formula is C23H27N3O3. The van der Waals surface area contributed by atoms with Crippen molar-refractivity contribution in [3.8, 4) is 0 Å². The summed E-state index contributed by atoms with van der Waals surface area (Å²) in [6.07, 6.45) is 3.48. The van der Waals surface area contributed by atoms with Crippen molar-refractivity contribution in [3.63, 3.8) is 0 Å². The molecule has 0 saturated carbocycles. The van der Waals surface area contributed by atoms with Crippen LogP contribution in [0.25, 0.3) is 0 Å². The third kappa shape index (κ3) is 4.59. The number of aryl methyl sites for hydroxylation is 1. The molecule has 2 aliphatic rings. The van der Waals surface area contributed by atoms with Gasteiger partial charge in [0.1, 0.15) is 6.10 Å². The molecule has 0 unspecified atom stereocenters. The first-order chi connectivity index (χ1) is 14.1. The molecule has 0 aliphatic carbocycles. The van der Waals surface area contributed by atoms with Crippen LogP contribution in [0.2, 0.25) is 0 Å². The molecule has 0 radical (unpaired) electrons. The fraction of sp³-hybridized carbons (Fsp3) is 0.391. The Morgan fingerprint density at radius 1 is 1.17 bits per heavy atom. The third-order valence-corrected chi connectivity index (χ3v) is 5.56. The van der Waals surface area contributed by atoms with Crippen molar-refractivity contribution >= 4 is 23.2 Å². The molecule has 2 heterocycles. The number of ether oxygens (including phenoxy) is 1. The maximum absolute atomic E-state index is 12.6. The maximum Gasteiger partial charge on any atom is 0.253 e. The predicted octanol–water partition coefficient (Wildman–Crippen LogP) is 3.12. The fourth-order valence-corrected chi connectivity index (χ4v) is 3.98. The van der Waals surface area contributed by atoms with E-state index in [1.807, 2.05) is 0 Å². The van der Waals surface area contributed by atoms with Crippen LogP contribution in [0.3, 0.4) is 0 Å². The Labute approximate surface area is 171 Å². The van der Waals surface area contributed by atoms with Crippen molar-refractivity contribution in [1.82, 2.24) is 5.32 Å². The van der Waals surface area contributed by atoms with Crippen molar-refractivity contribution in [2.45, 2.75) is 38.3 Å². The molecule has 0 spiro atoms. The van der Waals surface area contributed by atoms with Crippen molar-refractivity contribution in [2.24, 2.45) is 0 Å². The van der Waals surface area contributed by atoms with Crippen LogP contribution in [0.1, 0.15) is 40.7 Å². The van der Waals surface area contributed by atoms with E-state index in [0.717, 1.165) is 37.8 Å². The molecule has 152 valence electrons. The number of benzene rings is 2. The molecule has 0 aromatic heterocycles. The van der Waals surface area contributed by atoms with Crippen LogP contribution >= 0.6 is 0 Å². The molecule has 1 fully saturated rings. The first kappa shape index (κ1) is 19.5. The lowest BCUT2D eigenvalue weighted by Crippen LogP contribution is -2.27. The first-order valence-electron chi connectivity index (χ1n) is 10.2. The number of nitrogens with zero attached hydrogens (tertiary/aromatic N) is 1. The standard InChI is InChI=1S/C23H27N3O3/c1-26-11-3-6-17-13-16(9-10-20(17)26)15-24-22(27)18-5-2-7-19(14-18)25-23(28)21-8-4-12-29-21/h2,5,7,9-10,13-14,21H,3-4,6,8,11-12,15H2,1H3,(H,24,27)(H,25,28)/t21-/m0/s1. The van der Waals surface area contributed by atoms with Crippen LogP contribution in [0.5, 0.6) is 0 Å². The molecule has 6 heteroatoms. The van der Waals surface area contributed by atoms with Gasteiger partial charge in [0.2, 0.25) is 0 Å². The van der Waals surface area contributed by atoms with Crippen molar-refractivity contribution < 1.29 is 14.3 Å². The van der Waals surface area contributed by atoms with Gasteiger partial charge in [-0.1, -0.05) is 18.2 Å². The van der Waals surface area contributed by atoms with E-state index in [4.69, 9.17) is 4.74 Å². The number of fused-ring (bicyclic) bond motifs is 1. The van der Waals surface area contributed by atoms with Gasteiger partial charge in [0, 0.05) is 43.7 Å². The highest BCUT2D eigenvalue weighted by atomic mass is 16.5. The van der Waals surface area contributed by atoms with Gasteiger partial charge in [0.15, 0.2) is 0 Å². The van der Waals surface area contributed by atoms with Crippen molar-refractivity contribution in [1.29, 1.82) is 0 Å². The minimum Gasteiger partial charge on any atom is -0.374 e. The Morgan fingerprint density at radius 3 is 2.90 bits per heavy atom. The van der Waals surface area contributed by atoms with Crippen LogP contribution in [0, 0.1) is 0 Å². The lowest BCUT2D eigenvalue weighted by atomic mass is 9.99. The zero-order valence-corrected chi connectivity index (χ0v) is 16.7. The SMILES string of the molecule is CN1CCCc2cc(CNC(=O)c3cccc(NC(=O)[C@@H]4CCCO4)c3)ccc21. The molecule has 2 N–H and O–H groups in total. The number of amides is 2. The van der Waals surface area contributed by atoms with Gasteiger partial charge in [0.25, 0.3) is 11.8 Å². The van der Waals surface area contributed by atoms with Gasteiger partial charge in [-0.3, -0.25) is 9.59 Å². The first-order valence-corrected chi connectivity index (χ1v) is 10.2. The van der Waals surface area contributed by atoms with E-state index in [1.54, 1.807) is 24.3 Å². The van der Waals surface area contributed by atoms with Crippen LogP contribution in [0.4, 0.5) is 11.4 Å². The van der Waals surface area contributed by atoms with Crippen LogP contribution in [0.15, 0.2) is 42.5 Å². The molecule has 2 aromatic carbocycles. The quantitative estimate of drug-likeness (QED) is 0.819. The highest BCUT2D eigenvalue weighted by Crippen LogP contribution is 2.26. The summed E-state index contributed by atoms with van der Waals surface area (Å²) in [5, 5.41) is 5.82. The summed E-state index contributed by atoms with van der Waals surface area (Å²) >= 11 is 0. The Balaban J connectivity index is 1.37. The average molecular weight is 393 g/mol. The number of carbonyl (C=O) groups is 2. The van der Waals surface area contributed by atoms with E-state index in [9.17, 15) is 9.59 Å². The topological polar surface area (TPSA) is 70.7 Å².